The zero-order chi connectivity index (χ0) is 26.0. The third-order valence-electron chi connectivity index (χ3n) is 7.18. The molecule has 0 bridgehead atoms. The minimum Gasteiger partial charge on any atom is -0.497 e. The Morgan fingerprint density at radius 1 is 1.08 bits per heavy atom. The standard InChI is InChI=1S/C28H34N2O6/c1-6-29(7-2)12-13-30-25(21-10-9-20(34-4)16-23(21)35-5)24(27(32)28(30)33)26(31)18-8-11-22-19(15-18)14-17(3)36-22/h8-11,15-17,24-25H,6-7,12-14H2,1-5H3. The van der Waals surface area contributed by atoms with Crippen LogP contribution >= 0.6 is 0 Å². The van der Waals surface area contributed by atoms with Crippen molar-refractivity contribution in [2.45, 2.75) is 39.3 Å². The van der Waals surface area contributed by atoms with Gasteiger partial charge in [0, 0.05) is 36.7 Å². The molecule has 3 unspecified atom stereocenters. The number of carbonyl (C=O) groups is 3. The molecule has 3 atom stereocenters. The van der Waals surface area contributed by atoms with E-state index in [0.717, 1.165) is 24.4 Å². The predicted octanol–water partition coefficient (Wildman–Crippen LogP) is 3.32. The highest BCUT2D eigenvalue weighted by molar-refractivity contribution is 6.44. The second-order valence-corrected chi connectivity index (χ2v) is 9.24. The van der Waals surface area contributed by atoms with Crippen LogP contribution in [0.2, 0.25) is 0 Å². The number of amides is 1. The first-order chi connectivity index (χ1) is 17.3. The van der Waals surface area contributed by atoms with Gasteiger partial charge in [0.25, 0.3) is 5.91 Å². The van der Waals surface area contributed by atoms with Gasteiger partial charge in [-0.25, -0.2) is 0 Å². The lowest BCUT2D eigenvalue weighted by Gasteiger charge is -2.30. The van der Waals surface area contributed by atoms with Gasteiger partial charge in [0.05, 0.1) is 20.3 Å². The maximum absolute atomic E-state index is 13.9. The van der Waals surface area contributed by atoms with Crippen molar-refractivity contribution in [3.63, 3.8) is 0 Å². The second kappa shape index (κ2) is 10.7. The average molecular weight is 495 g/mol. The van der Waals surface area contributed by atoms with Crippen molar-refractivity contribution in [1.29, 1.82) is 0 Å². The van der Waals surface area contributed by atoms with Crippen molar-refractivity contribution in [2.75, 3.05) is 40.4 Å². The Hall–Kier alpha value is -3.39. The fourth-order valence-electron chi connectivity index (χ4n) is 5.18. The molecule has 2 aliphatic rings. The molecule has 1 fully saturated rings. The Morgan fingerprint density at radius 3 is 2.50 bits per heavy atom. The molecule has 2 aromatic carbocycles. The maximum Gasteiger partial charge on any atom is 0.291 e. The van der Waals surface area contributed by atoms with E-state index in [1.165, 1.54) is 12.0 Å². The van der Waals surface area contributed by atoms with E-state index in [1.54, 1.807) is 43.5 Å². The van der Waals surface area contributed by atoms with Crippen LogP contribution in [0.15, 0.2) is 36.4 Å². The summed E-state index contributed by atoms with van der Waals surface area (Å²) in [6.07, 6.45) is 0.728. The number of likely N-dealkylation sites (N-methyl/N-ethyl adjacent to an activating group) is 1. The number of ketones is 2. The van der Waals surface area contributed by atoms with E-state index in [-0.39, 0.29) is 11.9 Å². The van der Waals surface area contributed by atoms with Crippen molar-refractivity contribution in [3.05, 3.63) is 53.1 Å². The van der Waals surface area contributed by atoms with E-state index in [0.29, 0.717) is 42.1 Å². The van der Waals surface area contributed by atoms with Crippen LogP contribution in [0.4, 0.5) is 0 Å². The summed E-state index contributed by atoms with van der Waals surface area (Å²) < 4.78 is 16.7. The summed E-state index contributed by atoms with van der Waals surface area (Å²) in [5, 5.41) is 0. The summed E-state index contributed by atoms with van der Waals surface area (Å²) in [6.45, 7) is 8.63. The van der Waals surface area contributed by atoms with Gasteiger partial charge in [0.2, 0.25) is 5.78 Å². The molecule has 0 saturated carbocycles. The van der Waals surface area contributed by atoms with Crippen LogP contribution in [0.3, 0.4) is 0 Å². The fourth-order valence-corrected chi connectivity index (χ4v) is 5.18. The summed E-state index contributed by atoms with van der Waals surface area (Å²) in [5.41, 5.74) is 1.94. The minimum atomic E-state index is -1.17. The van der Waals surface area contributed by atoms with E-state index in [2.05, 4.69) is 18.7 Å². The number of nitrogens with zero attached hydrogens (tertiary/aromatic N) is 2. The topological polar surface area (TPSA) is 85.4 Å². The van der Waals surface area contributed by atoms with Crippen LogP contribution in [0, 0.1) is 5.92 Å². The molecule has 1 saturated heterocycles. The van der Waals surface area contributed by atoms with Crippen LogP contribution in [-0.2, 0) is 16.0 Å². The SMILES string of the molecule is CCN(CC)CCN1C(=O)C(=O)C(C(=O)c2ccc3c(c2)CC(C)O3)C1c1ccc(OC)cc1OC. The molecule has 2 aromatic rings. The lowest BCUT2D eigenvalue weighted by atomic mass is 9.85. The molecular weight excluding hydrogens is 460 g/mol. The molecule has 192 valence electrons. The van der Waals surface area contributed by atoms with E-state index >= 15 is 0 Å². The molecule has 1 amide bonds. The monoisotopic (exact) mass is 494 g/mol. The van der Waals surface area contributed by atoms with Gasteiger partial charge in [-0.1, -0.05) is 13.8 Å². The number of methoxy groups -OCH3 is 2. The quantitative estimate of drug-likeness (QED) is 0.285. The third kappa shape index (κ3) is 4.69. The Bertz CT molecular complexity index is 1160. The van der Waals surface area contributed by atoms with Crippen LogP contribution in [0.5, 0.6) is 17.2 Å². The molecule has 36 heavy (non-hydrogen) atoms. The first-order valence-electron chi connectivity index (χ1n) is 12.5. The van der Waals surface area contributed by atoms with Gasteiger partial charge in [-0.15, -0.1) is 0 Å². The molecule has 8 nitrogen and oxygen atoms in total. The summed E-state index contributed by atoms with van der Waals surface area (Å²) >= 11 is 0. The van der Waals surface area contributed by atoms with Gasteiger partial charge in [-0.05, 0) is 55.9 Å². The summed E-state index contributed by atoms with van der Waals surface area (Å²) in [5.74, 6) is -1.07. The zero-order valence-corrected chi connectivity index (χ0v) is 21.6. The van der Waals surface area contributed by atoms with E-state index in [1.807, 2.05) is 6.92 Å². The average Bonchev–Trinajstić information content (AvgIpc) is 3.39. The number of fused-ring (bicyclic) bond motifs is 1. The zero-order valence-electron chi connectivity index (χ0n) is 21.6. The highest BCUT2D eigenvalue weighted by Gasteiger charge is 2.52. The van der Waals surface area contributed by atoms with Crippen LogP contribution in [0.1, 0.15) is 48.3 Å². The molecule has 4 rings (SSSR count). The van der Waals surface area contributed by atoms with Crippen molar-refractivity contribution < 1.29 is 28.6 Å². The molecular formula is C28H34N2O6. The summed E-state index contributed by atoms with van der Waals surface area (Å²) in [4.78, 5) is 44.3. The highest BCUT2D eigenvalue weighted by Crippen LogP contribution is 2.43. The third-order valence-corrected chi connectivity index (χ3v) is 7.18. The second-order valence-electron chi connectivity index (χ2n) is 9.24. The maximum atomic E-state index is 13.9. The minimum absolute atomic E-state index is 0.0342. The normalized spacial score (nSPS) is 21.1. The van der Waals surface area contributed by atoms with Gasteiger partial charge >= 0.3 is 0 Å². The van der Waals surface area contributed by atoms with E-state index in [9.17, 15) is 14.4 Å². The Labute approximate surface area is 212 Å². The predicted molar refractivity (Wildman–Crippen MR) is 135 cm³/mol. The number of rotatable bonds is 10. The van der Waals surface area contributed by atoms with Crippen molar-refractivity contribution >= 4 is 17.5 Å². The number of benzene rings is 2. The molecule has 0 spiro atoms. The number of likely N-dealkylation sites (tertiary alicyclic amines) is 1. The van der Waals surface area contributed by atoms with Crippen LogP contribution in [-0.4, -0.2) is 73.8 Å². The largest absolute Gasteiger partial charge is 0.497 e. The Balaban J connectivity index is 1.76. The Morgan fingerprint density at radius 2 is 1.83 bits per heavy atom. The van der Waals surface area contributed by atoms with Gasteiger partial charge in [0.15, 0.2) is 5.78 Å². The molecule has 0 radical (unpaired) electrons. The molecule has 0 N–H and O–H groups in total. The molecule has 2 heterocycles. The number of Topliss-reactive ketones (excluding diaryl/α,β-unsaturated/α-hetero) is 2. The molecule has 0 aromatic heterocycles. The number of ether oxygens (including phenoxy) is 3. The molecule has 8 heteroatoms. The Kier molecular flexibility index (Phi) is 7.64. The lowest BCUT2D eigenvalue weighted by molar-refractivity contribution is -0.140. The summed E-state index contributed by atoms with van der Waals surface area (Å²) in [7, 11) is 3.08. The van der Waals surface area contributed by atoms with Gasteiger partial charge in [-0.2, -0.15) is 0 Å². The molecule has 0 aliphatic carbocycles. The van der Waals surface area contributed by atoms with Crippen LogP contribution in [0.25, 0.3) is 0 Å². The van der Waals surface area contributed by atoms with Crippen molar-refractivity contribution in [1.82, 2.24) is 9.80 Å². The lowest BCUT2D eigenvalue weighted by Crippen LogP contribution is -2.38. The smallest absolute Gasteiger partial charge is 0.291 e. The van der Waals surface area contributed by atoms with E-state index < -0.39 is 23.7 Å². The van der Waals surface area contributed by atoms with Gasteiger partial charge in [-0.3, -0.25) is 14.4 Å². The summed E-state index contributed by atoms with van der Waals surface area (Å²) in [6, 6.07) is 9.70. The highest BCUT2D eigenvalue weighted by atomic mass is 16.5. The number of carbonyl (C=O) groups excluding carboxylic acids is 3. The van der Waals surface area contributed by atoms with Gasteiger partial charge in [0.1, 0.15) is 29.3 Å². The van der Waals surface area contributed by atoms with Gasteiger partial charge < -0.3 is 24.0 Å². The number of hydrogen-bond acceptors (Lipinski definition) is 7. The van der Waals surface area contributed by atoms with E-state index in [4.69, 9.17) is 14.2 Å². The first-order valence-corrected chi connectivity index (χ1v) is 12.5. The van der Waals surface area contributed by atoms with Crippen LogP contribution < -0.4 is 14.2 Å². The first kappa shape index (κ1) is 25.7. The fraction of sp³-hybridized carbons (Fsp3) is 0.464. The molecule has 2 aliphatic heterocycles. The number of hydrogen-bond donors (Lipinski definition) is 0. The van der Waals surface area contributed by atoms with Crippen molar-refractivity contribution in [3.8, 4) is 17.2 Å². The van der Waals surface area contributed by atoms with Crippen molar-refractivity contribution in [2.24, 2.45) is 5.92 Å².